The van der Waals surface area contributed by atoms with Gasteiger partial charge in [-0.3, -0.25) is 0 Å². The van der Waals surface area contributed by atoms with Crippen LogP contribution < -0.4 is 0 Å². The SMILES string of the molecule is CC1=[C]C(C)C2=C1[Si]2(C)C. The zero-order chi connectivity index (χ0) is 7.52. The molecular weight excluding hydrogens is 136 g/mol. The zero-order valence-corrected chi connectivity index (χ0v) is 8.08. The van der Waals surface area contributed by atoms with Crippen LogP contribution in [0.1, 0.15) is 13.8 Å². The van der Waals surface area contributed by atoms with E-state index in [4.69, 9.17) is 0 Å². The van der Waals surface area contributed by atoms with E-state index in [0.29, 0.717) is 5.92 Å². The first-order valence-corrected chi connectivity index (χ1v) is 6.90. The van der Waals surface area contributed by atoms with Gasteiger partial charge in [-0.15, -0.1) is 0 Å². The fourth-order valence-corrected chi connectivity index (χ4v) is 6.71. The van der Waals surface area contributed by atoms with Crippen molar-refractivity contribution in [3.63, 3.8) is 0 Å². The monoisotopic (exact) mass is 149 g/mol. The molecule has 53 valence electrons. The van der Waals surface area contributed by atoms with E-state index in [0.717, 1.165) is 0 Å². The number of hydrogen-bond donors (Lipinski definition) is 0. The number of hydrogen-bond acceptors (Lipinski definition) is 0. The Bertz CT molecular complexity index is 256. The fraction of sp³-hybridized carbons (Fsp3) is 0.556. The molecule has 0 saturated carbocycles. The Hall–Kier alpha value is -0.303. The van der Waals surface area contributed by atoms with Gasteiger partial charge in [-0.2, -0.15) is 0 Å². The predicted octanol–water partition coefficient (Wildman–Crippen LogP) is 2.48. The minimum absolute atomic E-state index is 0.664. The summed E-state index contributed by atoms with van der Waals surface area (Å²) in [5.74, 6) is 0.664. The molecule has 2 aliphatic rings. The molecule has 1 radical (unpaired) electrons. The summed E-state index contributed by atoms with van der Waals surface area (Å²) in [5, 5.41) is 3.49. The molecular formula is C9H13Si. The van der Waals surface area contributed by atoms with Crippen LogP contribution >= 0.6 is 0 Å². The van der Waals surface area contributed by atoms with Crippen LogP contribution in [0.25, 0.3) is 0 Å². The van der Waals surface area contributed by atoms with Gasteiger partial charge < -0.3 is 0 Å². The second-order valence-corrected chi connectivity index (χ2v) is 8.19. The molecule has 0 amide bonds. The van der Waals surface area contributed by atoms with Crippen molar-refractivity contribution in [2.24, 2.45) is 5.92 Å². The average Bonchev–Trinajstić information content (AvgIpc) is 2.17. The number of allylic oxidation sites excluding steroid dienone is 4. The summed E-state index contributed by atoms with van der Waals surface area (Å²) in [4.78, 5) is 0. The van der Waals surface area contributed by atoms with Gasteiger partial charge in [-0.25, -0.2) is 0 Å². The van der Waals surface area contributed by atoms with E-state index in [2.05, 4.69) is 33.0 Å². The molecule has 0 spiro atoms. The van der Waals surface area contributed by atoms with E-state index in [1.165, 1.54) is 5.57 Å². The summed E-state index contributed by atoms with van der Waals surface area (Å²) in [7, 11) is -0.899. The van der Waals surface area contributed by atoms with Crippen LogP contribution in [0, 0.1) is 12.0 Å². The van der Waals surface area contributed by atoms with Gasteiger partial charge >= 0.3 is 0 Å². The summed E-state index contributed by atoms with van der Waals surface area (Å²) in [6.45, 7) is 9.37. The molecule has 1 aliphatic heterocycles. The van der Waals surface area contributed by atoms with Gasteiger partial charge in [0.15, 0.2) is 0 Å². The molecule has 1 atom stereocenters. The van der Waals surface area contributed by atoms with Crippen molar-refractivity contribution in [3.05, 3.63) is 22.0 Å². The highest BCUT2D eigenvalue weighted by atomic mass is 28.3. The van der Waals surface area contributed by atoms with Crippen molar-refractivity contribution < 1.29 is 0 Å². The highest BCUT2D eigenvalue weighted by Gasteiger charge is 2.52. The largest absolute Gasteiger partial charge is 0.108 e. The molecule has 0 N–H and O–H groups in total. The van der Waals surface area contributed by atoms with Crippen LogP contribution in [0.4, 0.5) is 0 Å². The minimum Gasteiger partial charge on any atom is -0.0690 e. The zero-order valence-electron chi connectivity index (χ0n) is 7.08. The molecule has 0 aromatic rings. The lowest BCUT2D eigenvalue weighted by molar-refractivity contribution is 0.903. The lowest BCUT2D eigenvalue weighted by atomic mass is 10.2. The number of rotatable bonds is 0. The first kappa shape index (κ1) is 6.41. The Balaban J connectivity index is 2.38. The van der Waals surface area contributed by atoms with Gasteiger partial charge in [0, 0.05) is 0 Å². The highest BCUT2D eigenvalue weighted by molar-refractivity contribution is 7.02. The summed E-state index contributed by atoms with van der Waals surface area (Å²) < 4.78 is 0. The van der Waals surface area contributed by atoms with Crippen molar-refractivity contribution in [2.75, 3.05) is 0 Å². The Labute approximate surface area is 63.6 Å². The Morgan fingerprint density at radius 3 is 2.20 bits per heavy atom. The smallest absolute Gasteiger partial charge is 0.0690 e. The molecule has 1 aliphatic carbocycles. The molecule has 1 heterocycles. The van der Waals surface area contributed by atoms with Crippen molar-refractivity contribution >= 4 is 8.07 Å². The Morgan fingerprint density at radius 1 is 1.40 bits per heavy atom. The maximum Gasteiger partial charge on any atom is 0.108 e. The third kappa shape index (κ3) is 0.523. The van der Waals surface area contributed by atoms with Gasteiger partial charge in [0.1, 0.15) is 8.07 Å². The van der Waals surface area contributed by atoms with Gasteiger partial charge in [-0.1, -0.05) is 30.4 Å². The quantitative estimate of drug-likeness (QED) is 0.464. The van der Waals surface area contributed by atoms with Crippen LogP contribution in [-0.4, -0.2) is 8.07 Å². The highest BCUT2D eigenvalue weighted by Crippen LogP contribution is 2.54. The molecule has 2 rings (SSSR count). The summed E-state index contributed by atoms with van der Waals surface area (Å²) in [6.07, 6.45) is 3.45. The second kappa shape index (κ2) is 1.47. The standard InChI is InChI=1S/C9H13Si/c1-6-5-7(2)9-8(6)10(9,3)4/h6H,1-4H3. The second-order valence-electron chi connectivity index (χ2n) is 3.90. The van der Waals surface area contributed by atoms with Crippen molar-refractivity contribution in [1.82, 2.24) is 0 Å². The minimum atomic E-state index is -0.899. The predicted molar refractivity (Wildman–Crippen MR) is 46.1 cm³/mol. The summed E-state index contributed by atoms with van der Waals surface area (Å²) in [5.41, 5.74) is 1.46. The Kier molecular flexibility index (Phi) is 0.945. The fourth-order valence-electron chi connectivity index (χ4n) is 2.40. The maximum atomic E-state index is 3.45. The van der Waals surface area contributed by atoms with E-state index < -0.39 is 8.07 Å². The maximum absolute atomic E-state index is 3.45. The van der Waals surface area contributed by atoms with E-state index in [-0.39, 0.29) is 0 Å². The third-order valence-corrected chi connectivity index (χ3v) is 6.42. The van der Waals surface area contributed by atoms with Gasteiger partial charge in [0.2, 0.25) is 0 Å². The van der Waals surface area contributed by atoms with Crippen LogP contribution in [0.5, 0.6) is 0 Å². The van der Waals surface area contributed by atoms with E-state index in [9.17, 15) is 0 Å². The first-order valence-electron chi connectivity index (χ1n) is 3.90. The van der Waals surface area contributed by atoms with Gasteiger partial charge in [-0.05, 0) is 24.5 Å². The molecule has 0 aromatic heterocycles. The molecule has 0 aromatic carbocycles. The molecule has 10 heavy (non-hydrogen) atoms. The molecule has 1 unspecified atom stereocenters. The average molecular weight is 149 g/mol. The van der Waals surface area contributed by atoms with Gasteiger partial charge in [0.05, 0.1) is 0 Å². The van der Waals surface area contributed by atoms with Crippen LogP contribution in [0.2, 0.25) is 13.1 Å². The normalized spacial score (nSPS) is 34.0. The van der Waals surface area contributed by atoms with Crippen molar-refractivity contribution in [2.45, 2.75) is 26.9 Å². The summed E-state index contributed by atoms with van der Waals surface area (Å²) >= 11 is 0. The molecule has 0 saturated heterocycles. The lowest BCUT2D eigenvalue weighted by Gasteiger charge is -2.11. The van der Waals surface area contributed by atoms with Crippen molar-refractivity contribution in [3.8, 4) is 0 Å². The lowest BCUT2D eigenvalue weighted by Crippen LogP contribution is -2.16. The van der Waals surface area contributed by atoms with Crippen LogP contribution in [0.3, 0.4) is 0 Å². The summed E-state index contributed by atoms with van der Waals surface area (Å²) in [6, 6.07) is 0. The molecule has 0 nitrogen and oxygen atoms in total. The van der Waals surface area contributed by atoms with E-state index in [1.54, 1.807) is 10.4 Å². The van der Waals surface area contributed by atoms with Crippen molar-refractivity contribution in [1.29, 1.82) is 0 Å². The first-order chi connectivity index (χ1) is 4.55. The molecule has 0 bridgehead atoms. The van der Waals surface area contributed by atoms with Gasteiger partial charge in [0.25, 0.3) is 0 Å². The van der Waals surface area contributed by atoms with Crippen LogP contribution in [-0.2, 0) is 0 Å². The third-order valence-electron chi connectivity index (χ3n) is 2.75. The molecule has 0 fully saturated rings. The molecule has 1 heteroatoms. The Morgan fingerprint density at radius 2 is 2.00 bits per heavy atom. The topological polar surface area (TPSA) is 0 Å². The van der Waals surface area contributed by atoms with Crippen LogP contribution in [0.15, 0.2) is 16.0 Å². The van der Waals surface area contributed by atoms with E-state index >= 15 is 0 Å². The van der Waals surface area contributed by atoms with E-state index in [1.807, 2.05) is 0 Å².